The predicted octanol–water partition coefficient (Wildman–Crippen LogP) is 13.4. The maximum absolute atomic E-state index is 13.0. The van der Waals surface area contributed by atoms with E-state index in [4.69, 9.17) is 28.4 Å². The average molecular weight is 912 g/mol. The van der Waals surface area contributed by atoms with E-state index in [0.717, 1.165) is 90.3 Å². The number of hydrogen-bond donors (Lipinski definition) is 0. The fraction of sp³-hybridized carbons (Fsp3) is 0.925. The molecule has 0 aromatic heterocycles. The van der Waals surface area contributed by atoms with Crippen LogP contribution in [0.25, 0.3) is 0 Å². The van der Waals surface area contributed by atoms with Gasteiger partial charge < -0.3 is 33.3 Å². The van der Waals surface area contributed by atoms with Gasteiger partial charge in [-0.1, -0.05) is 157 Å². The molecule has 0 aromatic carbocycles. The van der Waals surface area contributed by atoms with E-state index in [2.05, 4.69) is 46.4 Å². The van der Waals surface area contributed by atoms with Crippen molar-refractivity contribution in [2.45, 2.75) is 259 Å². The molecular formula is C53H101NO10. The third kappa shape index (κ3) is 41.2. The Hall–Kier alpha value is -2.24. The molecule has 0 saturated carbocycles. The lowest BCUT2D eigenvalue weighted by molar-refractivity contribution is -0.162. The van der Waals surface area contributed by atoms with Crippen molar-refractivity contribution in [2.24, 2.45) is 5.92 Å². The normalized spacial score (nSPS) is 12.0. The molecule has 0 rings (SSSR count). The summed E-state index contributed by atoms with van der Waals surface area (Å²) in [6, 6.07) is 0. The largest absolute Gasteiger partial charge is 0.465 e. The summed E-state index contributed by atoms with van der Waals surface area (Å²) >= 11 is 0. The lowest BCUT2D eigenvalue weighted by Gasteiger charge is -2.20. The number of esters is 4. The Morgan fingerprint density at radius 3 is 1.22 bits per heavy atom. The van der Waals surface area contributed by atoms with Gasteiger partial charge in [0.1, 0.15) is 25.9 Å². The Labute approximate surface area is 393 Å². The van der Waals surface area contributed by atoms with Crippen LogP contribution in [0.4, 0.5) is 0 Å². The fourth-order valence-corrected chi connectivity index (χ4v) is 7.62. The molecule has 11 heteroatoms. The minimum absolute atomic E-state index is 0.00947. The van der Waals surface area contributed by atoms with Crippen molar-refractivity contribution >= 4 is 23.9 Å². The molecule has 64 heavy (non-hydrogen) atoms. The van der Waals surface area contributed by atoms with E-state index in [9.17, 15) is 19.2 Å². The highest BCUT2D eigenvalue weighted by molar-refractivity contribution is 5.70. The van der Waals surface area contributed by atoms with Crippen LogP contribution in [0, 0.1) is 5.92 Å². The van der Waals surface area contributed by atoms with Gasteiger partial charge in [-0.2, -0.15) is 0 Å². The molecule has 378 valence electrons. The van der Waals surface area contributed by atoms with Crippen LogP contribution in [-0.2, 0) is 47.6 Å². The first-order valence-electron chi connectivity index (χ1n) is 26.8. The Bertz CT molecular complexity index is 1040. The highest BCUT2D eigenvalue weighted by Gasteiger charge is 2.20. The van der Waals surface area contributed by atoms with Crippen molar-refractivity contribution < 1.29 is 47.6 Å². The summed E-state index contributed by atoms with van der Waals surface area (Å²) in [7, 11) is 0. The summed E-state index contributed by atoms with van der Waals surface area (Å²) in [6.45, 7) is 16.9. The number of carbonyl (C=O) groups is 4. The van der Waals surface area contributed by atoms with E-state index < -0.39 is 18.2 Å². The minimum atomic E-state index is -0.489. The highest BCUT2D eigenvalue weighted by atomic mass is 16.7. The van der Waals surface area contributed by atoms with Gasteiger partial charge in [0, 0.05) is 38.9 Å². The van der Waals surface area contributed by atoms with E-state index in [1.165, 1.54) is 89.9 Å². The Morgan fingerprint density at radius 2 is 0.766 bits per heavy atom. The summed E-state index contributed by atoms with van der Waals surface area (Å²) < 4.78 is 35.0. The summed E-state index contributed by atoms with van der Waals surface area (Å²) in [6.07, 6.45) is 30.1. The van der Waals surface area contributed by atoms with E-state index in [1.807, 2.05) is 0 Å². The number of unbranched alkanes of at least 4 members (excludes halogenated alkanes) is 19. The molecule has 0 heterocycles. The number of nitrogens with zero attached hydrogens (tertiary/aromatic N) is 1. The first-order valence-corrected chi connectivity index (χ1v) is 26.8. The van der Waals surface area contributed by atoms with Crippen LogP contribution in [-0.4, -0.2) is 93.8 Å². The molecule has 0 saturated heterocycles. The van der Waals surface area contributed by atoms with Gasteiger partial charge in [0.2, 0.25) is 0 Å². The van der Waals surface area contributed by atoms with Crippen LogP contribution in [0.1, 0.15) is 247 Å². The van der Waals surface area contributed by atoms with Crippen molar-refractivity contribution in [3.05, 3.63) is 0 Å². The van der Waals surface area contributed by atoms with Gasteiger partial charge in [0.25, 0.3) is 0 Å². The standard InChI is InChI=1S/C53H101NO10/c1-7-13-17-21-25-31-42-59-53(60-43-32-26-22-18-14-8-2)40-39-51(57)63-46-47(45-62-50(56)38-33-41-54(11-5)12-6)44-61-49(55)36-29-23-24-30-37-52(58)64-48(34-27-19-15-9-3)35-28-20-16-10-4/h47-48,53H,7-46H2,1-6H3. The van der Waals surface area contributed by atoms with E-state index in [1.54, 1.807) is 0 Å². The molecule has 0 aliphatic carbocycles. The van der Waals surface area contributed by atoms with Crippen LogP contribution in [0.5, 0.6) is 0 Å². The topological polar surface area (TPSA) is 127 Å². The highest BCUT2D eigenvalue weighted by Crippen LogP contribution is 2.18. The maximum Gasteiger partial charge on any atom is 0.306 e. The smallest absolute Gasteiger partial charge is 0.306 e. The third-order valence-electron chi connectivity index (χ3n) is 11.9. The van der Waals surface area contributed by atoms with Crippen molar-refractivity contribution in [1.29, 1.82) is 0 Å². The van der Waals surface area contributed by atoms with Crippen LogP contribution >= 0.6 is 0 Å². The van der Waals surface area contributed by atoms with Gasteiger partial charge >= 0.3 is 23.9 Å². The number of rotatable bonds is 49. The Balaban J connectivity index is 5.00. The fourth-order valence-electron chi connectivity index (χ4n) is 7.62. The van der Waals surface area contributed by atoms with Crippen molar-refractivity contribution in [3.8, 4) is 0 Å². The van der Waals surface area contributed by atoms with Crippen molar-refractivity contribution in [3.63, 3.8) is 0 Å². The third-order valence-corrected chi connectivity index (χ3v) is 11.9. The van der Waals surface area contributed by atoms with Gasteiger partial charge in [-0.25, -0.2) is 0 Å². The maximum atomic E-state index is 13.0. The van der Waals surface area contributed by atoms with Gasteiger partial charge in [-0.05, 0) is 77.4 Å². The number of carbonyl (C=O) groups excluding carboxylic acids is 4. The Morgan fingerprint density at radius 1 is 0.391 bits per heavy atom. The molecule has 0 spiro atoms. The second-order valence-electron chi connectivity index (χ2n) is 18.0. The minimum Gasteiger partial charge on any atom is -0.465 e. The number of ether oxygens (including phenoxy) is 6. The van der Waals surface area contributed by atoms with Crippen LogP contribution in [0.15, 0.2) is 0 Å². The molecule has 0 radical (unpaired) electrons. The molecule has 0 amide bonds. The summed E-state index contributed by atoms with van der Waals surface area (Å²) in [5.74, 6) is -1.66. The average Bonchev–Trinajstić information content (AvgIpc) is 3.29. The molecule has 0 aliphatic rings. The Kier molecular flexibility index (Phi) is 45.6. The summed E-state index contributed by atoms with van der Waals surface area (Å²) in [4.78, 5) is 53.4. The van der Waals surface area contributed by atoms with Gasteiger partial charge in [-0.3, -0.25) is 19.2 Å². The molecule has 0 bridgehead atoms. The lowest BCUT2D eigenvalue weighted by Crippen LogP contribution is -2.27. The zero-order valence-corrected chi connectivity index (χ0v) is 42.5. The van der Waals surface area contributed by atoms with E-state index in [0.29, 0.717) is 38.9 Å². The van der Waals surface area contributed by atoms with Crippen molar-refractivity contribution in [2.75, 3.05) is 52.7 Å². The van der Waals surface area contributed by atoms with Gasteiger partial charge in [-0.15, -0.1) is 0 Å². The van der Waals surface area contributed by atoms with Crippen molar-refractivity contribution in [1.82, 2.24) is 4.90 Å². The zero-order valence-electron chi connectivity index (χ0n) is 42.5. The van der Waals surface area contributed by atoms with Crippen LogP contribution in [0.3, 0.4) is 0 Å². The molecule has 0 N–H and O–H groups in total. The SMILES string of the molecule is CCCCCCCCOC(CCC(=O)OCC(COC(=O)CCCCCCC(=O)OC(CCCCCC)CCCCCC)COC(=O)CCCN(CC)CC)OCCCCCCCC. The monoisotopic (exact) mass is 912 g/mol. The lowest BCUT2D eigenvalue weighted by atomic mass is 10.0. The molecule has 0 aliphatic heterocycles. The first-order chi connectivity index (χ1) is 31.2. The molecule has 0 fully saturated rings. The van der Waals surface area contributed by atoms with E-state index in [-0.39, 0.29) is 63.1 Å². The van der Waals surface area contributed by atoms with Crippen LogP contribution in [0.2, 0.25) is 0 Å². The first kappa shape index (κ1) is 61.8. The summed E-state index contributed by atoms with van der Waals surface area (Å²) in [5, 5.41) is 0. The summed E-state index contributed by atoms with van der Waals surface area (Å²) in [5.41, 5.74) is 0. The number of hydrogen-bond acceptors (Lipinski definition) is 11. The predicted molar refractivity (Wildman–Crippen MR) is 260 cm³/mol. The molecule has 0 aromatic rings. The molecular weight excluding hydrogens is 811 g/mol. The second kappa shape index (κ2) is 47.3. The van der Waals surface area contributed by atoms with Crippen LogP contribution < -0.4 is 0 Å². The molecule has 11 nitrogen and oxygen atoms in total. The molecule has 1 unspecified atom stereocenters. The van der Waals surface area contributed by atoms with E-state index >= 15 is 0 Å². The van der Waals surface area contributed by atoms with Gasteiger partial charge in [0.05, 0.1) is 12.3 Å². The molecule has 1 atom stereocenters. The second-order valence-corrected chi connectivity index (χ2v) is 18.0. The van der Waals surface area contributed by atoms with Gasteiger partial charge in [0.15, 0.2) is 6.29 Å². The quantitative estimate of drug-likeness (QED) is 0.0250. The zero-order chi connectivity index (χ0) is 47.1.